The van der Waals surface area contributed by atoms with Gasteiger partial charge in [0.15, 0.2) is 5.16 Å². The zero-order valence-electron chi connectivity index (χ0n) is 16.2. The number of fused-ring (bicyclic) bond motifs is 1. The maximum Gasteiger partial charge on any atom is 0.266 e. The van der Waals surface area contributed by atoms with Crippen molar-refractivity contribution in [2.75, 3.05) is 12.9 Å². The smallest absolute Gasteiger partial charge is 0.266 e. The molecule has 0 aliphatic carbocycles. The van der Waals surface area contributed by atoms with Crippen LogP contribution in [0, 0.1) is 0 Å². The van der Waals surface area contributed by atoms with E-state index in [0.717, 1.165) is 0 Å². The van der Waals surface area contributed by atoms with Crippen LogP contribution in [0.3, 0.4) is 0 Å². The van der Waals surface area contributed by atoms with Crippen molar-refractivity contribution in [2.24, 2.45) is 0 Å². The molecule has 4 rings (SSSR count). The van der Waals surface area contributed by atoms with Crippen LogP contribution in [0.5, 0.6) is 5.75 Å². The second kappa shape index (κ2) is 8.87. The van der Waals surface area contributed by atoms with Gasteiger partial charge in [-0.15, -0.1) is 0 Å². The van der Waals surface area contributed by atoms with Crippen molar-refractivity contribution in [1.82, 2.24) is 14.9 Å². The number of nitrogens with one attached hydrogen (secondary N) is 1. The highest BCUT2D eigenvalue weighted by Crippen LogP contribution is 2.27. The first kappa shape index (κ1) is 19.8. The topological polar surface area (TPSA) is 86.4 Å². The highest BCUT2D eigenvalue weighted by atomic mass is 32.2. The average Bonchev–Trinajstić information content (AvgIpc) is 3.30. The van der Waals surface area contributed by atoms with Crippen LogP contribution >= 0.6 is 11.8 Å². The fraction of sp³-hybridized carbons (Fsp3) is 0.136. The first-order chi connectivity index (χ1) is 14.7. The van der Waals surface area contributed by atoms with Crippen LogP contribution in [0.1, 0.15) is 5.76 Å². The normalized spacial score (nSPS) is 10.8. The highest BCUT2D eigenvalue weighted by Gasteiger charge is 2.17. The van der Waals surface area contributed by atoms with Crippen LogP contribution in [-0.4, -0.2) is 28.3 Å². The molecule has 4 aromatic rings. The van der Waals surface area contributed by atoms with Gasteiger partial charge in [0.05, 0.1) is 42.3 Å². The zero-order chi connectivity index (χ0) is 20.9. The number of hydrogen-bond acceptors (Lipinski definition) is 6. The first-order valence-corrected chi connectivity index (χ1v) is 10.2. The summed E-state index contributed by atoms with van der Waals surface area (Å²) < 4.78 is 12.2. The van der Waals surface area contributed by atoms with Gasteiger partial charge in [-0.05, 0) is 36.4 Å². The third-order valence-electron chi connectivity index (χ3n) is 4.44. The summed E-state index contributed by atoms with van der Waals surface area (Å²) in [5.41, 5.74) is 0.928. The summed E-state index contributed by atoms with van der Waals surface area (Å²) in [7, 11) is 1.55. The van der Waals surface area contributed by atoms with Gasteiger partial charge in [-0.25, -0.2) is 4.98 Å². The lowest BCUT2D eigenvalue weighted by Crippen LogP contribution is -2.26. The number of para-hydroxylation sites is 3. The molecule has 0 aliphatic heterocycles. The minimum atomic E-state index is -0.219. The van der Waals surface area contributed by atoms with Gasteiger partial charge in [0, 0.05) is 0 Å². The molecule has 2 aromatic carbocycles. The van der Waals surface area contributed by atoms with Gasteiger partial charge in [0.2, 0.25) is 5.91 Å². The Morgan fingerprint density at radius 2 is 1.93 bits per heavy atom. The molecule has 0 saturated carbocycles. The maximum atomic E-state index is 13.3. The molecular weight excluding hydrogens is 402 g/mol. The van der Waals surface area contributed by atoms with Crippen LogP contribution < -0.4 is 15.6 Å². The quantitative estimate of drug-likeness (QED) is 0.364. The number of thioether (sulfide) groups is 1. The number of hydrogen-bond donors (Lipinski definition) is 1. The summed E-state index contributed by atoms with van der Waals surface area (Å²) in [6.45, 7) is 0.302. The van der Waals surface area contributed by atoms with Crippen molar-refractivity contribution in [3.8, 4) is 11.4 Å². The third-order valence-corrected chi connectivity index (χ3v) is 5.38. The Bertz CT molecular complexity index is 1230. The Morgan fingerprint density at radius 3 is 2.73 bits per heavy atom. The number of furan rings is 1. The lowest BCUT2D eigenvalue weighted by Gasteiger charge is -2.15. The number of rotatable bonds is 7. The van der Waals surface area contributed by atoms with Gasteiger partial charge in [-0.2, -0.15) is 0 Å². The van der Waals surface area contributed by atoms with Gasteiger partial charge < -0.3 is 14.5 Å². The van der Waals surface area contributed by atoms with Crippen LogP contribution in [0.15, 0.2) is 81.3 Å². The van der Waals surface area contributed by atoms with Crippen LogP contribution in [0.2, 0.25) is 0 Å². The number of methoxy groups -OCH3 is 1. The van der Waals surface area contributed by atoms with Crippen molar-refractivity contribution in [2.45, 2.75) is 11.7 Å². The van der Waals surface area contributed by atoms with Gasteiger partial charge in [-0.1, -0.05) is 36.0 Å². The SMILES string of the molecule is COc1ccccc1-n1c(SCC(=O)NCc2ccco2)nc2ccccc2c1=O. The lowest BCUT2D eigenvalue weighted by atomic mass is 10.2. The number of amides is 1. The minimum Gasteiger partial charge on any atom is -0.495 e. The number of carbonyl (C=O) groups is 1. The summed E-state index contributed by atoms with van der Waals surface area (Å²) in [6.07, 6.45) is 1.56. The van der Waals surface area contributed by atoms with Crippen molar-refractivity contribution >= 4 is 28.6 Å². The molecule has 1 amide bonds. The summed E-state index contributed by atoms with van der Waals surface area (Å²) in [6, 6.07) is 17.9. The van der Waals surface area contributed by atoms with E-state index >= 15 is 0 Å². The predicted molar refractivity (Wildman–Crippen MR) is 115 cm³/mol. The summed E-state index contributed by atoms with van der Waals surface area (Å²) in [4.78, 5) is 30.2. The van der Waals surface area contributed by atoms with Crippen LogP contribution in [-0.2, 0) is 11.3 Å². The molecule has 0 spiro atoms. The van der Waals surface area contributed by atoms with E-state index in [1.165, 1.54) is 16.3 Å². The van der Waals surface area contributed by atoms with E-state index in [1.54, 1.807) is 55.8 Å². The zero-order valence-corrected chi connectivity index (χ0v) is 17.0. The Kier molecular flexibility index (Phi) is 5.85. The van der Waals surface area contributed by atoms with Crippen molar-refractivity contribution in [1.29, 1.82) is 0 Å². The highest BCUT2D eigenvalue weighted by molar-refractivity contribution is 7.99. The number of carbonyl (C=O) groups excluding carboxylic acids is 1. The lowest BCUT2D eigenvalue weighted by molar-refractivity contribution is -0.118. The summed E-state index contributed by atoms with van der Waals surface area (Å²) in [5, 5.41) is 3.70. The predicted octanol–water partition coefficient (Wildman–Crippen LogP) is 3.40. The molecule has 0 aliphatic rings. The average molecular weight is 421 g/mol. The van der Waals surface area contributed by atoms with E-state index in [4.69, 9.17) is 9.15 Å². The number of benzene rings is 2. The number of ether oxygens (including phenoxy) is 1. The van der Waals surface area contributed by atoms with E-state index in [-0.39, 0.29) is 17.2 Å². The summed E-state index contributed by atoms with van der Waals surface area (Å²) in [5.74, 6) is 1.12. The van der Waals surface area contributed by atoms with Crippen LogP contribution in [0.25, 0.3) is 16.6 Å². The molecule has 0 radical (unpaired) electrons. The molecule has 30 heavy (non-hydrogen) atoms. The molecule has 1 N–H and O–H groups in total. The molecule has 0 saturated heterocycles. The second-order valence-corrected chi connectivity index (χ2v) is 7.31. The van der Waals surface area contributed by atoms with Crippen molar-refractivity contribution < 1.29 is 13.9 Å². The fourth-order valence-corrected chi connectivity index (χ4v) is 3.85. The van der Waals surface area contributed by atoms with E-state index in [0.29, 0.717) is 39.8 Å². The van der Waals surface area contributed by atoms with Gasteiger partial charge in [0.25, 0.3) is 5.56 Å². The van der Waals surface area contributed by atoms with Gasteiger partial charge in [0.1, 0.15) is 11.5 Å². The van der Waals surface area contributed by atoms with Crippen molar-refractivity contribution in [3.63, 3.8) is 0 Å². The van der Waals surface area contributed by atoms with E-state index in [1.807, 2.05) is 18.2 Å². The Labute approximate surface area is 176 Å². The fourth-order valence-electron chi connectivity index (χ4n) is 3.02. The van der Waals surface area contributed by atoms with Crippen molar-refractivity contribution in [3.05, 3.63) is 83.0 Å². The van der Waals surface area contributed by atoms with E-state index in [9.17, 15) is 9.59 Å². The van der Waals surface area contributed by atoms with Crippen LogP contribution in [0.4, 0.5) is 0 Å². The summed E-state index contributed by atoms with van der Waals surface area (Å²) >= 11 is 1.19. The number of nitrogens with zero attached hydrogens (tertiary/aromatic N) is 2. The Balaban J connectivity index is 1.67. The molecule has 2 heterocycles. The molecule has 8 heteroatoms. The standard InChI is InChI=1S/C22H19N3O4S/c1-28-19-11-5-4-10-18(19)25-21(27)16-8-2-3-9-17(16)24-22(25)30-14-20(26)23-13-15-7-6-12-29-15/h2-12H,13-14H2,1H3,(H,23,26). The molecule has 7 nitrogen and oxygen atoms in total. The number of aromatic nitrogens is 2. The monoisotopic (exact) mass is 421 g/mol. The molecule has 0 unspecified atom stereocenters. The second-order valence-electron chi connectivity index (χ2n) is 6.37. The minimum absolute atomic E-state index is 0.0979. The maximum absolute atomic E-state index is 13.3. The van der Waals surface area contributed by atoms with Gasteiger partial charge >= 0.3 is 0 Å². The molecular formula is C22H19N3O4S. The first-order valence-electron chi connectivity index (χ1n) is 9.24. The largest absolute Gasteiger partial charge is 0.495 e. The Hall–Kier alpha value is -3.52. The van der Waals surface area contributed by atoms with E-state index < -0.39 is 0 Å². The molecule has 2 aromatic heterocycles. The van der Waals surface area contributed by atoms with E-state index in [2.05, 4.69) is 10.3 Å². The molecule has 0 bridgehead atoms. The molecule has 0 atom stereocenters. The van der Waals surface area contributed by atoms with Gasteiger partial charge in [-0.3, -0.25) is 14.2 Å². The molecule has 152 valence electrons. The third kappa shape index (κ3) is 4.08. The molecule has 0 fully saturated rings. The Morgan fingerprint density at radius 1 is 1.13 bits per heavy atom.